The molecule has 0 unspecified atom stereocenters. The minimum atomic E-state index is -0.987. The molecule has 0 saturated heterocycles. The fourth-order valence-corrected chi connectivity index (χ4v) is 2.51. The molecule has 0 aliphatic carbocycles. The lowest BCUT2D eigenvalue weighted by Crippen LogP contribution is -2.24. The first-order chi connectivity index (χ1) is 9.52. The molecule has 2 heterocycles. The molecule has 0 fully saturated rings. The van der Waals surface area contributed by atoms with Crippen molar-refractivity contribution >= 4 is 23.2 Å². The van der Waals surface area contributed by atoms with E-state index < -0.39 is 5.97 Å². The van der Waals surface area contributed by atoms with Gasteiger partial charge in [-0.15, -0.1) is 16.4 Å². The van der Waals surface area contributed by atoms with E-state index in [1.54, 1.807) is 11.3 Å². The standard InChI is InChI=1S/C12H14N4O3S/c1-8-2-3-10(20-8)4-11(17)13-5-9-6-16(15-14-9)7-12(18)19/h2-3,6H,4-5,7H2,1H3,(H,13,17)(H,18,19). The zero-order valence-corrected chi connectivity index (χ0v) is 11.7. The summed E-state index contributed by atoms with van der Waals surface area (Å²) in [6, 6.07) is 3.91. The Morgan fingerprint density at radius 2 is 2.25 bits per heavy atom. The summed E-state index contributed by atoms with van der Waals surface area (Å²) in [6.45, 7) is 1.99. The average Bonchev–Trinajstić information content (AvgIpc) is 2.96. The van der Waals surface area contributed by atoms with Crippen LogP contribution >= 0.6 is 11.3 Å². The van der Waals surface area contributed by atoms with E-state index >= 15 is 0 Å². The zero-order chi connectivity index (χ0) is 14.5. The van der Waals surface area contributed by atoms with E-state index in [-0.39, 0.29) is 19.0 Å². The van der Waals surface area contributed by atoms with Crippen molar-refractivity contribution in [3.63, 3.8) is 0 Å². The lowest BCUT2D eigenvalue weighted by atomic mass is 10.3. The van der Waals surface area contributed by atoms with E-state index in [9.17, 15) is 9.59 Å². The van der Waals surface area contributed by atoms with Crippen LogP contribution in [-0.4, -0.2) is 32.0 Å². The van der Waals surface area contributed by atoms with E-state index in [2.05, 4.69) is 15.6 Å². The molecule has 2 N–H and O–H groups in total. The van der Waals surface area contributed by atoms with E-state index in [1.165, 1.54) is 15.8 Å². The second-order valence-corrected chi connectivity index (χ2v) is 5.64. The largest absolute Gasteiger partial charge is 0.480 e. The maximum absolute atomic E-state index is 11.7. The molecule has 0 aliphatic heterocycles. The number of carboxylic acid groups (broad SMARTS) is 1. The number of thiophene rings is 1. The molecule has 106 valence electrons. The molecule has 2 aromatic heterocycles. The van der Waals surface area contributed by atoms with Crippen molar-refractivity contribution in [1.82, 2.24) is 20.3 Å². The third kappa shape index (κ3) is 4.16. The number of aromatic nitrogens is 3. The Bertz CT molecular complexity index is 620. The molecule has 0 spiro atoms. The van der Waals surface area contributed by atoms with Gasteiger partial charge in [-0.1, -0.05) is 5.21 Å². The maximum Gasteiger partial charge on any atom is 0.325 e. The molecule has 0 bridgehead atoms. The van der Waals surface area contributed by atoms with Crippen molar-refractivity contribution in [2.45, 2.75) is 26.4 Å². The summed E-state index contributed by atoms with van der Waals surface area (Å²) in [5.41, 5.74) is 0.530. The number of nitrogens with one attached hydrogen (secondary N) is 1. The van der Waals surface area contributed by atoms with Crippen molar-refractivity contribution < 1.29 is 14.7 Å². The Balaban J connectivity index is 1.81. The normalized spacial score (nSPS) is 10.4. The minimum absolute atomic E-state index is 0.0976. The number of carbonyl (C=O) groups is 2. The topological polar surface area (TPSA) is 97.1 Å². The Morgan fingerprint density at radius 1 is 1.45 bits per heavy atom. The van der Waals surface area contributed by atoms with Crippen LogP contribution in [0.5, 0.6) is 0 Å². The molecule has 7 nitrogen and oxygen atoms in total. The summed E-state index contributed by atoms with van der Waals surface area (Å²) in [5, 5.41) is 18.8. The second-order valence-electron chi connectivity index (χ2n) is 4.27. The lowest BCUT2D eigenvalue weighted by molar-refractivity contribution is -0.138. The number of amides is 1. The first kappa shape index (κ1) is 14.2. The molecule has 1 amide bonds. The number of aliphatic carboxylic acids is 1. The molecular weight excluding hydrogens is 280 g/mol. The van der Waals surface area contributed by atoms with Crippen LogP contribution in [0.25, 0.3) is 0 Å². The highest BCUT2D eigenvalue weighted by atomic mass is 32.1. The number of carboxylic acids is 1. The van der Waals surface area contributed by atoms with Gasteiger partial charge in [-0.3, -0.25) is 9.59 Å². The van der Waals surface area contributed by atoms with E-state index in [4.69, 9.17) is 5.11 Å². The predicted octanol–water partition coefficient (Wildman–Crippen LogP) is 0.592. The van der Waals surface area contributed by atoms with Crippen LogP contribution in [0.3, 0.4) is 0 Å². The molecule has 0 atom stereocenters. The highest BCUT2D eigenvalue weighted by molar-refractivity contribution is 7.12. The number of aryl methyl sites for hydroxylation is 1. The van der Waals surface area contributed by atoms with Gasteiger partial charge in [-0.05, 0) is 19.1 Å². The van der Waals surface area contributed by atoms with Gasteiger partial charge in [0, 0.05) is 9.75 Å². The predicted molar refractivity (Wildman–Crippen MR) is 72.3 cm³/mol. The number of hydrogen-bond acceptors (Lipinski definition) is 5. The van der Waals surface area contributed by atoms with Crippen LogP contribution in [0.2, 0.25) is 0 Å². The summed E-state index contributed by atoms with van der Waals surface area (Å²) in [5.74, 6) is -1.09. The van der Waals surface area contributed by atoms with Crippen molar-refractivity contribution in [3.05, 3.63) is 33.8 Å². The Kier molecular flexibility index (Phi) is 4.46. The van der Waals surface area contributed by atoms with Crippen LogP contribution in [0.4, 0.5) is 0 Å². The molecule has 0 aromatic carbocycles. The fraction of sp³-hybridized carbons (Fsp3) is 0.333. The first-order valence-corrected chi connectivity index (χ1v) is 6.77. The highest BCUT2D eigenvalue weighted by Gasteiger charge is 2.08. The monoisotopic (exact) mass is 294 g/mol. The lowest BCUT2D eigenvalue weighted by Gasteiger charge is -2.01. The van der Waals surface area contributed by atoms with Gasteiger partial charge in [0.05, 0.1) is 19.2 Å². The Labute approximate surface area is 119 Å². The smallest absolute Gasteiger partial charge is 0.325 e. The molecule has 0 saturated carbocycles. The first-order valence-electron chi connectivity index (χ1n) is 5.96. The summed E-state index contributed by atoms with van der Waals surface area (Å²) in [7, 11) is 0. The number of nitrogens with zero attached hydrogens (tertiary/aromatic N) is 3. The van der Waals surface area contributed by atoms with E-state index in [0.717, 1.165) is 4.88 Å². The molecule has 0 aliphatic rings. The fourth-order valence-electron chi connectivity index (χ4n) is 1.63. The van der Waals surface area contributed by atoms with Crippen molar-refractivity contribution in [1.29, 1.82) is 0 Å². The average molecular weight is 294 g/mol. The highest BCUT2D eigenvalue weighted by Crippen LogP contribution is 2.15. The second kappa shape index (κ2) is 6.29. The van der Waals surface area contributed by atoms with Crippen LogP contribution < -0.4 is 5.32 Å². The number of hydrogen-bond donors (Lipinski definition) is 2. The minimum Gasteiger partial charge on any atom is -0.480 e. The molecule has 0 radical (unpaired) electrons. The van der Waals surface area contributed by atoms with Crippen molar-refractivity contribution in [2.75, 3.05) is 0 Å². The molecule has 2 aromatic rings. The summed E-state index contributed by atoms with van der Waals surface area (Å²) < 4.78 is 1.21. The van der Waals surface area contributed by atoms with Crippen LogP contribution in [-0.2, 0) is 29.1 Å². The van der Waals surface area contributed by atoms with E-state index in [1.807, 2.05) is 19.1 Å². The van der Waals surface area contributed by atoms with Gasteiger partial charge < -0.3 is 10.4 Å². The Hall–Kier alpha value is -2.22. The maximum atomic E-state index is 11.7. The van der Waals surface area contributed by atoms with Crippen molar-refractivity contribution in [2.24, 2.45) is 0 Å². The number of rotatable bonds is 6. The van der Waals surface area contributed by atoms with Gasteiger partial charge >= 0.3 is 5.97 Å². The summed E-state index contributed by atoms with van der Waals surface area (Å²) in [6.07, 6.45) is 1.84. The van der Waals surface area contributed by atoms with Crippen molar-refractivity contribution in [3.8, 4) is 0 Å². The van der Waals surface area contributed by atoms with Gasteiger partial charge in [0.25, 0.3) is 0 Å². The molecule has 2 rings (SSSR count). The molecular formula is C12H14N4O3S. The molecule has 8 heteroatoms. The SMILES string of the molecule is Cc1ccc(CC(=O)NCc2cn(CC(=O)O)nn2)s1. The van der Waals surface area contributed by atoms with Gasteiger partial charge in [-0.25, -0.2) is 4.68 Å². The zero-order valence-electron chi connectivity index (χ0n) is 10.9. The Morgan fingerprint density at radius 3 is 2.90 bits per heavy atom. The van der Waals surface area contributed by atoms with E-state index in [0.29, 0.717) is 12.1 Å². The van der Waals surface area contributed by atoms with Gasteiger partial charge in [0.2, 0.25) is 5.91 Å². The van der Waals surface area contributed by atoms with Crippen LogP contribution in [0, 0.1) is 6.92 Å². The van der Waals surface area contributed by atoms with Crippen LogP contribution in [0.1, 0.15) is 15.4 Å². The summed E-state index contributed by atoms with van der Waals surface area (Å²) >= 11 is 1.59. The third-order valence-electron chi connectivity index (χ3n) is 2.48. The van der Waals surface area contributed by atoms with Gasteiger partial charge in [0.15, 0.2) is 0 Å². The quantitative estimate of drug-likeness (QED) is 0.812. The van der Waals surface area contributed by atoms with Gasteiger partial charge in [0.1, 0.15) is 12.2 Å². The molecule has 20 heavy (non-hydrogen) atoms. The summed E-state index contributed by atoms with van der Waals surface area (Å²) in [4.78, 5) is 24.4. The number of carbonyl (C=O) groups excluding carboxylic acids is 1. The van der Waals surface area contributed by atoms with Crippen LogP contribution in [0.15, 0.2) is 18.3 Å². The van der Waals surface area contributed by atoms with Gasteiger partial charge in [-0.2, -0.15) is 0 Å². The third-order valence-corrected chi connectivity index (χ3v) is 3.48.